The number of nitrogens with zero attached hydrogens (tertiary/aromatic N) is 1. The maximum atomic E-state index is 12.5. The number of benzene rings is 2. The maximum absolute atomic E-state index is 12.5. The van der Waals surface area contributed by atoms with E-state index in [2.05, 4.69) is 5.32 Å². The average Bonchev–Trinajstić information content (AvgIpc) is 2.66. The highest BCUT2D eigenvalue weighted by molar-refractivity contribution is 8.00. The van der Waals surface area contributed by atoms with Crippen LogP contribution in [0.25, 0.3) is 0 Å². The van der Waals surface area contributed by atoms with Gasteiger partial charge in [0.15, 0.2) is 0 Å². The van der Waals surface area contributed by atoms with Crippen molar-refractivity contribution in [3.05, 3.63) is 65.7 Å². The Bertz CT molecular complexity index is 811. The number of hydrogen-bond acceptors (Lipinski definition) is 4. The molecule has 0 spiro atoms. The quantitative estimate of drug-likeness (QED) is 0.681. The molecule has 0 saturated carbocycles. The number of likely N-dealkylation sites (N-methyl/N-ethyl adjacent to an activating group) is 1. The minimum Gasteiger partial charge on any atom is -0.480 e. The summed E-state index contributed by atoms with van der Waals surface area (Å²) in [6.07, 6.45) is 0. The molecule has 0 fully saturated rings. The molecular formula is C20H22N2O4S. The van der Waals surface area contributed by atoms with Gasteiger partial charge in [0.1, 0.15) is 5.25 Å². The third-order valence-corrected chi connectivity index (χ3v) is 5.04. The molecule has 2 N–H and O–H groups in total. The fourth-order valence-corrected chi connectivity index (χ4v) is 3.26. The van der Waals surface area contributed by atoms with Crippen LogP contribution in [0.4, 0.5) is 0 Å². The number of carboxylic acid groups (broad SMARTS) is 1. The van der Waals surface area contributed by atoms with Crippen LogP contribution in [0, 0.1) is 0 Å². The van der Waals surface area contributed by atoms with Crippen molar-refractivity contribution in [2.24, 2.45) is 0 Å². The fraction of sp³-hybridized carbons (Fsp3) is 0.250. The first-order chi connectivity index (χ1) is 12.9. The van der Waals surface area contributed by atoms with Crippen molar-refractivity contribution in [3.63, 3.8) is 0 Å². The van der Waals surface area contributed by atoms with Gasteiger partial charge in [-0.25, -0.2) is 0 Å². The summed E-state index contributed by atoms with van der Waals surface area (Å²) in [5, 5.41) is 11.0. The van der Waals surface area contributed by atoms with Crippen LogP contribution in [-0.2, 0) is 16.1 Å². The predicted octanol–water partition coefficient (Wildman–Crippen LogP) is 2.64. The fourth-order valence-electron chi connectivity index (χ4n) is 2.33. The van der Waals surface area contributed by atoms with Crippen molar-refractivity contribution in [1.29, 1.82) is 0 Å². The highest BCUT2D eigenvalue weighted by atomic mass is 32.2. The molecule has 27 heavy (non-hydrogen) atoms. The lowest BCUT2D eigenvalue weighted by Gasteiger charge is -2.18. The van der Waals surface area contributed by atoms with Crippen molar-refractivity contribution in [3.8, 4) is 0 Å². The van der Waals surface area contributed by atoms with Gasteiger partial charge in [0, 0.05) is 18.5 Å². The average molecular weight is 386 g/mol. The molecule has 6 nitrogen and oxygen atoms in total. The third kappa shape index (κ3) is 6.14. The Hall–Kier alpha value is -2.80. The van der Waals surface area contributed by atoms with E-state index < -0.39 is 17.1 Å². The summed E-state index contributed by atoms with van der Waals surface area (Å²) >= 11 is 1.09. The minimum atomic E-state index is -0.951. The molecule has 0 aliphatic carbocycles. The van der Waals surface area contributed by atoms with Gasteiger partial charge < -0.3 is 15.3 Å². The third-order valence-electron chi connectivity index (χ3n) is 3.87. The lowest BCUT2D eigenvalue weighted by atomic mass is 10.2. The van der Waals surface area contributed by atoms with Gasteiger partial charge in [-0.3, -0.25) is 14.4 Å². The van der Waals surface area contributed by atoms with Gasteiger partial charge >= 0.3 is 5.97 Å². The lowest BCUT2D eigenvalue weighted by molar-refractivity contribution is -0.136. The first-order valence-corrected chi connectivity index (χ1v) is 9.31. The summed E-state index contributed by atoms with van der Waals surface area (Å²) in [5.41, 5.74) is 1.36. The SMILES string of the molecule is CC(Sc1ccccc1C(=O)NCC(=O)N(C)Cc1ccccc1)C(=O)O. The smallest absolute Gasteiger partial charge is 0.316 e. The van der Waals surface area contributed by atoms with Crippen LogP contribution in [-0.4, -0.2) is 46.6 Å². The minimum absolute atomic E-state index is 0.129. The van der Waals surface area contributed by atoms with Crippen LogP contribution in [0.1, 0.15) is 22.8 Å². The molecule has 2 amide bonds. The monoisotopic (exact) mass is 386 g/mol. The standard InChI is InChI=1S/C20H22N2O4S/c1-14(20(25)26)27-17-11-7-6-10-16(17)19(24)21-12-18(23)22(2)13-15-8-4-3-5-9-15/h3-11,14H,12-13H2,1-2H3,(H,21,24)(H,25,26). The van der Waals surface area contributed by atoms with E-state index in [9.17, 15) is 14.4 Å². The van der Waals surface area contributed by atoms with Crippen LogP contribution >= 0.6 is 11.8 Å². The number of nitrogens with one attached hydrogen (secondary N) is 1. The van der Waals surface area contributed by atoms with E-state index in [1.165, 1.54) is 0 Å². The van der Waals surface area contributed by atoms with Gasteiger partial charge in [0.05, 0.1) is 12.1 Å². The molecule has 2 rings (SSSR count). The normalized spacial score (nSPS) is 11.5. The molecule has 0 saturated heterocycles. The lowest BCUT2D eigenvalue weighted by Crippen LogP contribution is -2.38. The molecule has 1 unspecified atom stereocenters. The number of aliphatic carboxylic acids is 1. The number of hydrogen-bond donors (Lipinski definition) is 2. The number of amides is 2. The summed E-state index contributed by atoms with van der Waals surface area (Å²) in [4.78, 5) is 37.9. The van der Waals surface area contributed by atoms with Crippen LogP contribution in [0.2, 0.25) is 0 Å². The summed E-state index contributed by atoms with van der Waals surface area (Å²) in [5.74, 6) is -1.57. The second-order valence-electron chi connectivity index (χ2n) is 6.01. The molecule has 1 atom stereocenters. The second-order valence-corrected chi connectivity index (χ2v) is 7.40. The van der Waals surface area contributed by atoms with E-state index in [1.807, 2.05) is 30.3 Å². The Balaban J connectivity index is 1.95. The molecule has 7 heteroatoms. The summed E-state index contributed by atoms with van der Waals surface area (Å²) in [6, 6.07) is 16.3. The predicted molar refractivity (Wildman–Crippen MR) is 105 cm³/mol. The van der Waals surface area contributed by atoms with Gasteiger partial charge in [-0.05, 0) is 24.6 Å². The number of rotatable bonds is 8. The Morgan fingerprint density at radius 2 is 1.70 bits per heavy atom. The van der Waals surface area contributed by atoms with Gasteiger partial charge in [-0.2, -0.15) is 0 Å². The largest absolute Gasteiger partial charge is 0.480 e. The Labute approximate surface area is 162 Å². The van der Waals surface area contributed by atoms with Crippen molar-refractivity contribution >= 4 is 29.5 Å². The van der Waals surface area contributed by atoms with E-state index in [1.54, 1.807) is 43.1 Å². The number of carboxylic acids is 1. The first kappa shape index (κ1) is 20.5. The number of carbonyl (C=O) groups is 3. The molecule has 2 aromatic rings. The van der Waals surface area contributed by atoms with E-state index in [-0.39, 0.29) is 12.5 Å². The van der Waals surface area contributed by atoms with Crippen molar-refractivity contribution < 1.29 is 19.5 Å². The van der Waals surface area contributed by atoms with Crippen molar-refractivity contribution in [1.82, 2.24) is 10.2 Å². The molecule has 2 aromatic carbocycles. The molecule has 0 aliphatic rings. The summed E-state index contributed by atoms with van der Waals surface area (Å²) < 4.78 is 0. The molecule has 142 valence electrons. The van der Waals surface area contributed by atoms with Gasteiger partial charge in [0.25, 0.3) is 5.91 Å². The molecule has 0 heterocycles. The maximum Gasteiger partial charge on any atom is 0.316 e. The zero-order valence-electron chi connectivity index (χ0n) is 15.2. The number of thioether (sulfide) groups is 1. The molecule has 0 radical (unpaired) electrons. The van der Waals surface area contributed by atoms with Crippen LogP contribution < -0.4 is 5.32 Å². The first-order valence-electron chi connectivity index (χ1n) is 8.43. The molecule has 0 aromatic heterocycles. The summed E-state index contributed by atoms with van der Waals surface area (Å²) in [6.45, 7) is 1.89. The van der Waals surface area contributed by atoms with Gasteiger partial charge in [0.2, 0.25) is 5.91 Å². The Morgan fingerprint density at radius 1 is 1.07 bits per heavy atom. The zero-order valence-corrected chi connectivity index (χ0v) is 16.0. The van der Waals surface area contributed by atoms with Gasteiger partial charge in [-0.1, -0.05) is 42.5 Å². The highest BCUT2D eigenvalue weighted by Gasteiger charge is 2.18. The molecule has 0 bridgehead atoms. The van der Waals surface area contributed by atoms with Crippen molar-refractivity contribution in [2.45, 2.75) is 23.6 Å². The second kappa shape index (κ2) is 9.78. The van der Waals surface area contributed by atoms with E-state index in [4.69, 9.17) is 5.11 Å². The number of carbonyl (C=O) groups excluding carboxylic acids is 2. The Kier molecular flexibility index (Phi) is 7.43. The van der Waals surface area contributed by atoms with E-state index in [0.717, 1.165) is 17.3 Å². The van der Waals surface area contributed by atoms with Gasteiger partial charge in [-0.15, -0.1) is 11.8 Å². The van der Waals surface area contributed by atoms with Crippen LogP contribution in [0.15, 0.2) is 59.5 Å². The molecule has 0 aliphatic heterocycles. The van der Waals surface area contributed by atoms with E-state index in [0.29, 0.717) is 17.0 Å². The van der Waals surface area contributed by atoms with Crippen LogP contribution in [0.3, 0.4) is 0 Å². The van der Waals surface area contributed by atoms with Crippen molar-refractivity contribution in [2.75, 3.05) is 13.6 Å². The highest BCUT2D eigenvalue weighted by Crippen LogP contribution is 2.26. The topological polar surface area (TPSA) is 86.7 Å². The Morgan fingerprint density at radius 3 is 2.37 bits per heavy atom. The van der Waals surface area contributed by atoms with Crippen LogP contribution in [0.5, 0.6) is 0 Å². The summed E-state index contributed by atoms with van der Waals surface area (Å²) in [7, 11) is 1.68. The zero-order chi connectivity index (χ0) is 19.8. The van der Waals surface area contributed by atoms with E-state index >= 15 is 0 Å². The molecular weight excluding hydrogens is 364 g/mol.